The summed E-state index contributed by atoms with van der Waals surface area (Å²) in [5.74, 6) is 0.957. The van der Waals surface area contributed by atoms with Crippen LogP contribution in [0.2, 0.25) is 0 Å². The molecule has 3 heterocycles. The number of pyridine rings is 1. The number of carbonyl (C=O) groups excluding carboxylic acids is 1. The van der Waals surface area contributed by atoms with Crippen molar-refractivity contribution in [3.63, 3.8) is 0 Å². The number of anilines is 1. The van der Waals surface area contributed by atoms with Crippen LogP contribution in [0.5, 0.6) is 0 Å². The highest BCUT2D eigenvalue weighted by molar-refractivity contribution is 5.91. The number of fused-ring (bicyclic) bond motifs is 1. The average Bonchev–Trinajstić information content (AvgIpc) is 3.05. The molecule has 3 rings (SSSR count). The Kier molecular flexibility index (Phi) is 4.12. The first-order valence-corrected chi connectivity index (χ1v) is 7.36. The molecule has 0 bridgehead atoms. The average molecular weight is 313 g/mol. The van der Waals surface area contributed by atoms with Crippen LogP contribution in [0.25, 0.3) is 5.65 Å². The second kappa shape index (κ2) is 6.21. The Morgan fingerprint density at radius 2 is 2.22 bits per heavy atom. The van der Waals surface area contributed by atoms with Gasteiger partial charge in [0.25, 0.3) is 0 Å². The fourth-order valence-electron chi connectivity index (χ4n) is 2.46. The molecular weight excluding hydrogens is 294 g/mol. The van der Waals surface area contributed by atoms with E-state index in [1.165, 1.54) is 0 Å². The summed E-state index contributed by atoms with van der Waals surface area (Å²) in [4.78, 5) is 18.5. The smallest absolute Gasteiger partial charge is 0.239 e. The van der Waals surface area contributed by atoms with Crippen LogP contribution in [-0.2, 0) is 11.3 Å². The number of hydrogen-bond acceptors (Lipinski definition) is 5. The molecule has 0 aliphatic rings. The summed E-state index contributed by atoms with van der Waals surface area (Å²) in [5.41, 5.74) is 2.96. The first kappa shape index (κ1) is 15.2. The van der Waals surface area contributed by atoms with Crippen LogP contribution in [0.15, 0.2) is 35.0 Å². The molecule has 0 radical (unpaired) electrons. The zero-order valence-electron chi connectivity index (χ0n) is 13.4. The SMILES string of the molecule is Cc1cc(NC(=O)CN(C)Cc2cn3c(C)cccc3n2)no1. The second-order valence-corrected chi connectivity index (χ2v) is 5.67. The minimum absolute atomic E-state index is 0.138. The second-order valence-electron chi connectivity index (χ2n) is 5.67. The molecule has 1 N–H and O–H groups in total. The van der Waals surface area contributed by atoms with Gasteiger partial charge < -0.3 is 14.2 Å². The van der Waals surface area contributed by atoms with E-state index >= 15 is 0 Å². The van der Waals surface area contributed by atoms with E-state index in [-0.39, 0.29) is 12.5 Å². The number of aromatic nitrogens is 3. The largest absolute Gasteiger partial charge is 0.360 e. The third-order valence-corrected chi connectivity index (χ3v) is 3.49. The van der Waals surface area contributed by atoms with Crippen molar-refractivity contribution in [1.82, 2.24) is 19.4 Å². The van der Waals surface area contributed by atoms with Crippen molar-refractivity contribution in [2.75, 3.05) is 18.9 Å². The first-order chi connectivity index (χ1) is 11.0. The molecule has 3 aromatic rings. The minimum Gasteiger partial charge on any atom is -0.360 e. The van der Waals surface area contributed by atoms with Crippen LogP contribution in [-0.4, -0.2) is 38.9 Å². The molecule has 0 aliphatic heterocycles. The lowest BCUT2D eigenvalue weighted by Crippen LogP contribution is -2.30. The molecule has 3 aromatic heterocycles. The molecule has 7 heteroatoms. The van der Waals surface area contributed by atoms with Crippen molar-refractivity contribution in [2.45, 2.75) is 20.4 Å². The molecule has 120 valence electrons. The summed E-state index contributed by atoms with van der Waals surface area (Å²) in [6, 6.07) is 7.67. The lowest BCUT2D eigenvalue weighted by molar-refractivity contribution is -0.117. The van der Waals surface area contributed by atoms with Crippen molar-refractivity contribution in [1.29, 1.82) is 0 Å². The topological polar surface area (TPSA) is 75.7 Å². The number of nitrogens with zero attached hydrogens (tertiary/aromatic N) is 4. The lowest BCUT2D eigenvalue weighted by atomic mass is 10.4. The quantitative estimate of drug-likeness (QED) is 0.780. The molecule has 23 heavy (non-hydrogen) atoms. The van der Waals surface area contributed by atoms with Gasteiger partial charge in [0.2, 0.25) is 5.91 Å². The van der Waals surface area contributed by atoms with Crippen LogP contribution in [0, 0.1) is 13.8 Å². The number of hydrogen-bond donors (Lipinski definition) is 1. The van der Waals surface area contributed by atoms with Crippen molar-refractivity contribution >= 4 is 17.4 Å². The maximum atomic E-state index is 12.0. The van der Waals surface area contributed by atoms with E-state index < -0.39 is 0 Å². The predicted octanol–water partition coefficient (Wildman–Crippen LogP) is 2.01. The van der Waals surface area contributed by atoms with Crippen LogP contribution >= 0.6 is 0 Å². The number of rotatable bonds is 5. The normalized spacial score (nSPS) is 11.3. The number of amides is 1. The van der Waals surface area contributed by atoms with Gasteiger partial charge in [-0.3, -0.25) is 9.69 Å². The first-order valence-electron chi connectivity index (χ1n) is 7.36. The summed E-state index contributed by atoms with van der Waals surface area (Å²) >= 11 is 0. The fraction of sp³-hybridized carbons (Fsp3) is 0.312. The Labute approximate surface area is 133 Å². The number of likely N-dealkylation sites (N-methyl/N-ethyl adjacent to an activating group) is 1. The zero-order chi connectivity index (χ0) is 16.4. The van der Waals surface area contributed by atoms with E-state index in [1.807, 2.05) is 47.7 Å². The number of carbonyl (C=O) groups is 1. The third kappa shape index (κ3) is 3.57. The van der Waals surface area contributed by atoms with Crippen molar-refractivity contribution in [3.8, 4) is 0 Å². The number of aryl methyl sites for hydroxylation is 2. The summed E-state index contributed by atoms with van der Waals surface area (Å²) in [6.45, 7) is 4.65. The highest BCUT2D eigenvalue weighted by Gasteiger charge is 2.11. The van der Waals surface area contributed by atoms with E-state index in [0.717, 1.165) is 17.0 Å². The standard InChI is InChI=1S/C16H19N5O2/c1-11-5-4-6-15-17-13(9-21(11)15)8-20(3)10-16(22)18-14-7-12(2)23-19-14/h4-7,9H,8,10H2,1-3H3,(H,18,19,22). The summed E-state index contributed by atoms with van der Waals surface area (Å²) in [7, 11) is 1.88. The highest BCUT2D eigenvalue weighted by atomic mass is 16.5. The van der Waals surface area contributed by atoms with Crippen LogP contribution < -0.4 is 5.32 Å². The van der Waals surface area contributed by atoms with Crippen molar-refractivity contribution < 1.29 is 9.32 Å². The van der Waals surface area contributed by atoms with Crippen molar-refractivity contribution in [2.24, 2.45) is 0 Å². The Hall–Kier alpha value is -2.67. The molecule has 0 atom stereocenters. The van der Waals surface area contributed by atoms with Gasteiger partial charge in [-0.15, -0.1) is 0 Å². The zero-order valence-corrected chi connectivity index (χ0v) is 13.4. The van der Waals surface area contributed by atoms with Gasteiger partial charge in [-0.2, -0.15) is 0 Å². The maximum Gasteiger partial charge on any atom is 0.239 e. The predicted molar refractivity (Wildman–Crippen MR) is 86.1 cm³/mol. The van der Waals surface area contributed by atoms with Gasteiger partial charge in [0, 0.05) is 24.5 Å². The van der Waals surface area contributed by atoms with Crippen LogP contribution in [0.1, 0.15) is 17.1 Å². The van der Waals surface area contributed by atoms with Gasteiger partial charge in [-0.05, 0) is 33.0 Å². The van der Waals surface area contributed by atoms with E-state index in [9.17, 15) is 4.79 Å². The molecule has 0 spiro atoms. The fourth-order valence-corrected chi connectivity index (χ4v) is 2.46. The molecule has 7 nitrogen and oxygen atoms in total. The molecule has 0 aromatic carbocycles. The molecule has 0 unspecified atom stereocenters. The Balaban J connectivity index is 1.60. The Bertz CT molecular complexity index is 836. The van der Waals surface area contributed by atoms with Crippen LogP contribution in [0.3, 0.4) is 0 Å². The molecular formula is C16H19N5O2. The number of nitrogens with one attached hydrogen (secondary N) is 1. The molecule has 0 saturated heterocycles. The molecule has 1 amide bonds. The van der Waals surface area contributed by atoms with Gasteiger partial charge in [0.05, 0.1) is 12.2 Å². The third-order valence-electron chi connectivity index (χ3n) is 3.49. The molecule has 0 saturated carbocycles. The van der Waals surface area contributed by atoms with Gasteiger partial charge in [0.1, 0.15) is 11.4 Å². The summed E-state index contributed by atoms with van der Waals surface area (Å²) in [5, 5.41) is 6.45. The van der Waals surface area contributed by atoms with Gasteiger partial charge >= 0.3 is 0 Å². The highest BCUT2D eigenvalue weighted by Crippen LogP contribution is 2.10. The minimum atomic E-state index is -0.138. The van der Waals surface area contributed by atoms with Crippen LogP contribution in [0.4, 0.5) is 5.82 Å². The molecule has 0 fully saturated rings. The molecule has 0 aliphatic carbocycles. The van der Waals surface area contributed by atoms with E-state index in [1.54, 1.807) is 13.0 Å². The lowest BCUT2D eigenvalue weighted by Gasteiger charge is -2.13. The van der Waals surface area contributed by atoms with Gasteiger partial charge in [0.15, 0.2) is 5.82 Å². The Morgan fingerprint density at radius 3 is 2.91 bits per heavy atom. The van der Waals surface area contributed by atoms with E-state index in [0.29, 0.717) is 18.1 Å². The van der Waals surface area contributed by atoms with Gasteiger partial charge in [-0.1, -0.05) is 11.2 Å². The van der Waals surface area contributed by atoms with E-state index in [4.69, 9.17) is 4.52 Å². The Morgan fingerprint density at radius 1 is 1.39 bits per heavy atom. The van der Waals surface area contributed by atoms with E-state index in [2.05, 4.69) is 15.5 Å². The van der Waals surface area contributed by atoms with Gasteiger partial charge in [-0.25, -0.2) is 4.98 Å². The summed E-state index contributed by atoms with van der Waals surface area (Å²) < 4.78 is 6.96. The number of imidazole rings is 1. The van der Waals surface area contributed by atoms with Crippen molar-refractivity contribution in [3.05, 3.63) is 47.6 Å². The maximum absolute atomic E-state index is 12.0. The monoisotopic (exact) mass is 313 g/mol. The summed E-state index contributed by atoms with van der Waals surface area (Å²) in [6.07, 6.45) is 2.00.